The third-order valence-electron chi connectivity index (χ3n) is 6.04. The van der Waals surface area contributed by atoms with Gasteiger partial charge < -0.3 is 14.6 Å². The van der Waals surface area contributed by atoms with E-state index >= 15 is 0 Å². The van der Waals surface area contributed by atoms with Crippen molar-refractivity contribution in [2.45, 2.75) is 58.9 Å². The van der Waals surface area contributed by atoms with Gasteiger partial charge in [-0.05, 0) is 65.2 Å². The lowest BCUT2D eigenvalue weighted by Gasteiger charge is -2.31. The van der Waals surface area contributed by atoms with Crippen LogP contribution in [0.15, 0.2) is 23.2 Å². The number of aromatic nitrogens is 2. The molecule has 33 heavy (non-hydrogen) atoms. The third kappa shape index (κ3) is 4.96. The summed E-state index contributed by atoms with van der Waals surface area (Å²) in [6, 6.07) is 3.60. The molecule has 2 aromatic rings. The number of hydrogen-bond donors (Lipinski definition) is 1. The smallest absolute Gasteiger partial charge is 0.341 e. The van der Waals surface area contributed by atoms with Gasteiger partial charge in [-0.15, -0.1) is 0 Å². The highest BCUT2D eigenvalue weighted by Crippen LogP contribution is 2.32. The second-order valence-electron chi connectivity index (χ2n) is 8.25. The molecule has 1 N–H and O–H groups in total. The van der Waals surface area contributed by atoms with Crippen LogP contribution in [0.1, 0.15) is 54.0 Å². The van der Waals surface area contributed by atoms with Crippen LogP contribution in [0.2, 0.25) is 0 Å². The molecule has 3 rings (SSSR count). The van der Waals surface area contributed by atoms with Crippen molar-refractivity contribution in [3.8, 4) is 0 Å². The van der Waals surface area contributed by atoms with Crippen molar-refractivity contribution >= 4 is 27.7 Å². The minimum Gasteiger partial charge on any atom is -0.462 e. The molecule has 0 radical (unpaired) electrons. The van der Waals surface area contributed by atoms with Crippen molar-refractivity contribution < 1.29 is 22.7 Å². The number of ether oxygens (including phenoxy) is 1. The summed E-state index contributed by atoms with van der Waals surface area (Å²) in [6.45, 7) is 9.90. The molecule has 0 aromatic carbocycles. The molecule has 1 saturated heterocycles. The molecule has 0 aliphatic carbocycles. The Kier molecular flexibility index (Phi) is 7.58. The van der Waals surface area contributed by atoms with E-state index in [1.807, 2.05) is 19.9 Å². The van der Waals surface area contributed by atoms with Crippen molar-refractivity contribution in [3.63, 3.8) is 0 Å². The molecule has 10 heteroatoms. The van der Waals surface area contributed by atoms with Gasteiger partial charge in [0, 0.05) is 37.2 Å². The number of nitrogens with one attached hydrogen (secondary N) is 1. The number of amides is 1. The summed E-state index contributed by atoms with van der Waals surface area (Å²) in [5.41, 5.74) is 2.09. The summed E-state index contributed by atoms with van der Waals surface area (Å²) in [5.74, 6) is -0.994. The average molecular weight is 477 g/mol. The lowest BCUT2D eigenvalue weighted by Crippen LogP contribution is -2.44. The molecule has 1 atom stereocenters. The highest BCUT2D eigenvalue weighted by molar-refractivity contribution is 7.89. The topological polar surface area (TPSA) is 111 Å². The fourth-order valence-corrected chi connectivity index (χ4v) is 6.40. The number of carbonyl (C=O) groups excluding carboxylic acids is 2. The first kappa shape index (κ1) is 24.9. The van der Waals surface area contributed by atoms with Crippen LogP contribution < -0.4 is 5.32 Å². The lowest BCUT2D eigenvalue weighted by molar-refractivity contribution is -0.120. The molecule has 1 aliphatic rings. The third-order valence-corrected chi connectivity index (χ3v) is 8.07. The number of piperidine rings is 1. The molecule has 1 fully saturated rings. The van der Waals surface area contributed by atoms with Gasteiger partial charge in [0.25, 0.3) is 0 Å². The van der Waals surface area contributed by atoms with Crippen molar-refractivity contribution in [1.29, 1.82) is 0 Å². The fourth-order valence-electron chi connectivity index (χ4n) is 4.42. The van der Waals surface area contributed by atoms with Crippen LogP contribution in [0.25, 0.3) is 0 Å². The van der Waals surface area contributed by atoms with E-state index in [9.17, 15) is 18.0 Å². The minimum atomic E-state index is -4.03. The van der Waals surface area contributed by atoms with Crippen LogP contribution in [0.4, 0.5) is 5.82 Å². The first-order chi connectivity index (χ1) is 15.6. The number of aryl methyl sites for hydroxylation is 1. The van der Waals surface area contributed by atoms with Crippen LogP contribution in [0.3, 0.4) is 0 Å². The van der Waals surface area contributed by atoms with Gasteiger partial charge in [0.1, 0.15) is 16.3 Å². The number of esters is 1. The number of rotatable bonds is 7. The molecule has 1 amide bonds. The molecule has 0 bridgehead atoms. The Morgan fingerprint density at radius 2 is 1.94 bits per heavy atom. The largest absolute Gasteiger partial charge is 0.462 e. The van der Waals surface area contributed by atoms with E-state index in [0.29, 0.717) is 36.6 Å². The van der Waals surface area contributed by atoms with Crippen molar-refractivity contribution in [2.24, 2.45) is 5.92 Å². The van der Waals surface area contributed by atoms with E-state index in [2.05, 4.69) is 10.3 Å². The van der Waals surface area contributed by atoms with Crippen molar-refractivity contribution in [2.75, 3.05) is 25.0 Å². The van der Waals surface area contributed by atoms with Crippen LogP contribution in [-0.4, -0.2) is 53.8 Å². The van der Waals surface area contributed by atoms with Crippen LogP contribution >= 0.6 is 0 Å². The monoisotopic (exact) mass is 476 g/mol. The molecule has 1 unspecified atom stereocenters. The number of sulfonamides is 1. The zero-order chi connectivity index (χ0) is 24.3. The maximum absolute atomic E-state index is 13.8. The standard InChI is InChI=1S/C23H32N4O5S/c1-6-27-16(4)20(23(29)32-7-2)21(17(27)5)33(30,31)26-12-8-9-18(14-26)22(28)25-19-13-15(3)10-11-24-19/h10-11,13,18H,6-9,12,14H2,1-5H3,(H,24,25,28). The van der Waals surface area contributed by atoms with E-state index in [4.69, 9.17) is 4.74 Å². The van der Waals surface area contributed by atoms with Crippen LogP contribution in [0.5, 0.6) is 0 Å². The summed E-state index contributed by atoms with van der Waals surface area (Å²) < 4.78 is 35.8. The normalized spacial score (nSPS) is 17.1. The number of carbonyl (C=O) groups is 2. The molecule has 3 heterocycles. The van der Waals surface area contributed by atoms with Gasteiger partial charge in [-0.25, -0.2) is 18.2 Å². The van der Waals surface area contributed by atoms with E-state index in [-0.39, 0.29) is 36.1 Å². The van der Waals surface area contributed by atoms with E-state index in [1.165, 1.54) is 4.31 Å². The fraction of sp³-hybridized carbons (Fsp3) is 0.522. The summed E-state index contributed by atoms with van der Waals surface area (Å²) in [4.78, 5) is 29.7. The average Bonchev–Trinajstić information content (AvgIpc) is 3.04. The zero-order valence-corrected chi connectivity index (χ0v) is 20.7. The Morgan fingerprint density at radius 3 is 2.58 bits per heavy atom. The molecule has 0 saturated carbocycles. The van der Waals surface area contributed by atoms with Crippen LogP contribution in [-0.2, 0) is 26.1 Å². The van der Waals surface area contributed by atoms with E-state index < -0.39 is 21.9 Å². The maximum Gasteiger partial charge on any atom is 0.341 e. The van der Waals surface area contributed by atoms with Gasteiger partial charge in [0.2, 0.25) is 15.9 Å². The predicted molar refractivity (Wildman–Crippen MR) is 125 cm³/mol. The summed E-state index contributed by atoms with van der Waals surface area (Å²) in [6.07, 6.45) is 2.73. The Hall–Kier alpha value is -2.72. The molecule has 180 valence electrons. The second-order valence-corrected chi connectivity index (χ2v) is 10.1. The second kappa shape index (κ2) is 10.0. The zero-order valence-electron chi connectivity index (χ0n) is 19.8. The lowest BCUT2D eigenvalue weighted by atomic mass is 9.99. The summed E-state index contributed by atoms with van der Waals surface area (Å²) in [7, 11) is -4.03. The van der Waals surface area contributed by atoms with Gasteiger partial charge in [-0.3, -0.25) is 4.79 Å². The number of pyridine rings is 1. The van der Waals surface area contributed by atoms with E-state index in [1.54, 1.807) is 37.6 Å². The molecular formula is C23H32N4O5S. The highest BCUT2D eigenvalue weighted by Gasteiger charge is 2.39. The Balaban J connectivity index is 1.91. The van der Waals surface area contributed by atoms with Gasteiger partial charge >= 0.3 is 5.97 Å². The Morgan fingerprint density at radius 1 is 1.21 bits per heavy atom. The maximum atomic E-state index is 13.8. The Labute approximate surface area is 195 Å². The Bertz CT molecular complexity index is 1160. The number of nitrogens with zero attached hydrogens (tertiary/aromatic N) is 3. The highest BCUT2D eigenvalue weighted by atomic mass is 32.2. The molecule has 0 spiro atoms. The summed E-state index contributed by atoms with van der Waals surface area (Å²) in [5, 5.41) is 2.79. The van der Waals surface area contributed by atoms with Crippen LogP contribution in [0, 0.1) is 26.7 Å². The van der Waals surface area contributed by atoms with Crippen molar-refractivity contribution in [3.05, 3.63) is 40.8 Å². The first-order valence-electron chi connectivity index (χ1n) is 11.2. The molecule has 9 nitrogen and oxygen atoms in total. The molecule has 2 aromatic heterocycles. The number of hydrogen-bond acceptors (Lipinski definition) is 6. The molecule has 1 aliphatic heterocycles. The predicted octanol–water partition coefficient (Wildman–Crippen LogP) is 3.04. The SMILES string of the molecule is CCOC(=O)c1c(S(=O)(=O)N2CCCC(C(=O)Nc3cc(C)ccn3)C2)c(C)n(CC)c1C. The van der Waals surface area contributed by atoms with E-state index in [0.717, 1.165) is 5.56 Å². The quantitative estimate of drug-likeness (QED) is 0.615. The molecular weight excluding hydrogens is 444 g/mol. The minimum absolute atomic E-state index is 0.0262. The first-order valence-corrected chi connectivity index (χ1v) is 12.7. The van der Waals surface area contributed by atoms with Gasteiger partial charge in [0.05, 0.1) is 12.5 Å². The van der Waals surface area contributed by atoms with Gasteiger partial charge in [-0.2, -0.15) is 4.31 Å². The van der Waals surface area contributed by atoms with Gasteiger partial charge in [-0.1, -0.05) is 0 Å². The summed E-state index contributed by atoms with van der Waals surface area (Å²) >= 11 is 0. The van der Waals surface area contributed by atoms with Gasteiger partial charge in [0.15, 0.2) is 0 Å². The van der Waals surface area contributed by atoms with Crippen molar-refractivity contribution in [1.82, 2.24) is 13.9 Å². The number of anilines is 1.